The summed E-state index contributed by atoms with van der Waals surface area (Å²) < 4.78 is 26.1. The van der Waals surface area contributed by atoms with E-state index in [1.54, 1.807) is 30.4 Å². The Kier molecular flexibility index (Phi) is 5.93. The van der Waals surface area contributed by atoms with Gasteiger partial charge in [-0.05, 0) is 43.3 Å². The van der Waals surface area contributed by atoms with Gasteiger partial charge in [-0.3, -0.25) is 4.79 Å². The van der Waals surface area contributed by atoms with Gasteiger partial charge in [0.1, 0.15) is 6.04 Å². The molecule has 2 rings (SSSR count). The highest BCUT2D eigenvalue weighted by Gasteiger charge is 2.14. The quantitative estimate of drug-likeness (QED) is 0.842. The van der Waals surface area contributed by atoms with Gasteiger partial charge in [0.25, 0.3) is 5.91 Å². The Morgan fingerprint density at radius 3 is 2.61 bits per heavy atom. The van der Waals surface area contributed by atoms with E-state index in [0.717, 1.165) is 12.1 Å². The number of carbonyl (C=O) groups excluding carboxylic acids is 1. The third-order valence-electron chi connectivity index (χ3n) is 3.33. The van der Waals surface area contributed by atoms with Gasteiger partial charge in [0.05, 0.1) is 10.7 Å². The minimum absolute atomic E-state index is 0.100. The van der Waals surface area contributed by atoms with Gasteiger partial charge in [-0.15, -0.1) is 0 Å². The van der Waals surface area contributed by atoms with Crippen molar-refractivity contribution in [3.05, 3.63) is 63.6 Å². The maximum absolute atomic E-state index is 13.2. The zero-order valence-corrected chi connectivity index (χ0v) is 13.8. The first kappa shape index (κ1) is 17.7. The van der Waals surface area contributed by atoms with Crippen LogP contribution in [0.25, 0.3) is 0 Å². The Hall–Kier alpha value is -1.69. The lowest BCUT2D eigenvalue weighted by atomic mass is 10.1. The summed E-state index contributed by atoms with van der Waals surface area (Å²) in [5, 5.41) is 5.21. The molecule has 0 aliphatic heterocycles. The molecule has 0 aliphatic carbocycles. The first-order chi connectivity index (χ1) is 10.9. The summed E-state index contributed by atoms with van der Waals surface area (Å²) >= 11 is 11.8. The molecule has 0 saturated carbocycles. The summed E-state index contributed by atoms with van der Waals surface area (Å²) in [6.07, 6.45) is 0. The zero-order chi connectivity index (χ0) is 17.0. The van der Waals surface area contributed by atoms with Crippen molar-refractivity contribution >= 4 is 34.8 Å². The van der Waals surface area contributed by atoms with Crippen LogP contribution in [0.4, 0.5) is 14.5 Å². The number of halogens is 4. The second-order valence-electron chi connectivity index (χ2n) is 5.07. The molecule has 23 heavy (non-hydrogen) atoms. The lowest BCUT2D eigenvalue weighted by molar-refractivity contribution is -0.682. The molecule has 7 heteroatoms. The van der Waals surface area contributed by atoms with E-state index in [9.17, 15) is 13.6 Å². The van der Waals surface area contributed by atoms with Crippen LogP contribution in [0.5, 0.6) is 0 Å². The molecule has 0 spiro atoms. The van der Waals surface area contributed by atoms with Crippen molar-refractivity contribution in [1.29, 1.82) is 0 Å². The Labute approximate surface area is 142 Å². The van der Waals surface area contributed by atoms with Crippen LogP contribution < -0.4 is 10.6 Å². The highest BCUT2D eigenvalue weighted by atomic mass is 35.5. The van der Waals surface area contributed by atoms with Gasteiger partial charge in [-0.2, -0.15) is 0 Å². The van der Waals surface area contributed by atoms with Crippen molar-refractivity contribution in [2.24, 2.45) is 0 Å². The molecule has 1 amide bonds. The summed E-state index contributed by atoms with van der Waals surface area (Å²) in [6.45, 7) is 1.90. The highest BCUT2D eigenvalue weighted by Crippen LogP contribution is 2.25. The van der Waals surface area contributed by atoms with Gasteiger partial charge in [-0.1, -0.05) is 23.2 Å². The fourth-order valence-electron chi connectivity index (χ4n) is 2.01. The molecule has 2 aromatic rings. The third kappa shape index (κ3) is 4.89. The molecule has 0 radical (unpaired) electrons. The lowest BCUT2D eigenvalue weighted by Crippen LogP contribution is -2.86. The number of hydrogen-bond acceptors (Lipinski definition) is 1. The average molecular weight is 360 g/mol. The lowest BCUT2D eigenvalue weighted by Gasteiger charge is -2.12. The first-order valence-electron chi connectivity index (χ1n) is 6.90. The van der Waals surface area contributed by atoms with Gasteiger partial charge < -0.3 is 10.6 Å². The molecule has 122 valence electrons. The summed E-state index contributed by atoms with van der Waals surface area (Å²) in [4.78, 5) is 12.0. The van der Waals surface area contributed by atoms with Crippen molar-refractivity contribution in [2.45, 2.75) is 13.0 Å². The maximum Gasteiger partial charge on any atom is 0.279 e. The largest absolute Gasteiger partial charge is 0.333 e. The predicted octanol–water partition coefficient (Wildman–Crippen LogP) is 3.53. The van der Waals surface area contributed by atoms with Crippen molar-refractivity contribution in [1.82, 2.24) is 0 Å². The second kappa shape index (κ2) is 7.73. The number of hydrogen-bond donors (Lipinski definition) is 2. The number of nitrogens with two attached hydrogens (primary N) is 1. The van der Waals surface area contributed by atoms with Crippen LogP contribution in [0.3, 0.4) is 0 Å². The molecule has 0 heterocycles. The van der Waals surface area contributed by atoms with E-state index >= 15 is 0 Å². The zero-order valence-electron chi connectivity index (χ0n) is 12.2. The minimum Gasteiger partial charge on any atom is -0.333 e. The molecular weight excluding hydrogens is 345 g/mol. The van der Waals surface area contributed by atoms with Crippen LogP contribution in [-0.2, 0) is 4.79 Å². The van der Waals surface area contributed by atoms with E-state index in [1.807, 2.05) is 0 Å². The maximum atomic E-state index is 13.2. The topological polar surface area (TPSA) is 45.7 Å². The van der Waals surface area contributed by atoms with Crippen LogP contribution in [-0.4, -0.2) is 12.5 Å². The summed E-state index contributed by atoms with van der Waals surface area (Å²) in [5.41, 5.74) is 1.02. The third-order valence-corrected chi connectivity index (χ3v) is 3.89. The van der Waals surface area contributed by atoms with Crippen molar-refractivity contribution in [3.8, 4) is 0 Å². The van der Waals surface area contributed by atoms with Gasteiger partial charge in [0.15, 0.2) is 18.2 Å². The average Bonchev–Trinajstić information content (AvgIpc) is 2.51. The van der Waals surface area contributed by atoms with Gasteiger partial charge >= 0.3 is 0 Å². The normalized spacial score (nSPS) is 12.0. The highest BCUT2D eigenvalue weighted by molar-refractivity contribution is 6.35. The number of carbonyl (C=O) groups is 1. The second-order valence-corrected chi connectivity index (χ2v) is 5.92. The van der Waals surface area contributed by atoms with Crippen LogP contribution in [0.2, 0.25) is 10.0 Å². The van der Waals surface area contributed by atoms with Crippen LogP contribution in [0, 0.1) is 11.6 Å². The fourth-order valence-corrected chi connectivity index (χ4v) is 2.35. The molecule has 1 atom stereocenters. The molecule has 3 N–H and O–H groups in total. The minimum atomic E-state index is -0.905. The smallest absolute Gasteiger partial charge is 0.279 e. The summed E-state index contributed by atoms with van der Waals surface area (Å²) in [6, 6.07) is 8.25. The number of rotatable bonds is 5. The van der Waals surface area contributed by atoms with Crippen LogP contribution in [0.15, 0.2) is 36.4 Å². The van der Waals surface area contributed by atoms with Gasteiger partial charge in [0, 0.05) is 10.6 Å². The molecule has 3 nitrogen and oxygen atoms in total. The molecule has 0 aliphatic rings. The molecule has 2 aromatic carbocycles. The van der Waals surface area contributed by atoms with Gasteiger partial charge in [-0.25, -0.2) is 8.78 Å². The SMILES string of the molecule is C[C@@H]([NH2+]CC(=O)Nc1cc(Cl)ccc1Cl)c1ccc(F)c(F)c1. The number of quaternary nitrogens is 1. The monoisotopic (exact) mass is 359 g/mol. The molecule has 0 saturated heterocycles. The molecular formula is C16H15Cl2F2N2O+. The molecule has 0 bridgehead atoms. The van der Waals surface area contributed by atoms with Crippen molar-refractivity contribution in [3.63, 3.8) is 0 Å². The Morgan fingerprint density at radius 2 is 1.91 bits per heavy atom. The molecule has 0 unspecified atom stereocenters. The van der Waals surface area contributed by atoms with Crippen LogP contribution >= 0.6 is 23.2 Å². The van der Waals surface area contributed by atoms with E-state index in [0.29, 0.717) is 21.3 Å². The van der Waals surface area contributed by atoms with Crippen molar-refractivity contribution in [2.75, 3.05) is 11.9 Å². The van der Waals surface area contributed by atoms with E-state index in [1.165, 1.54) is 6.07 Å². The Bertz CT molecular complexity index is 725. The first-order valence-corrected chi connectivity index (χ1v) is 7.65. The van der Waals surface area contributed by atoms with E-state index in [4.69, 9.17) is 23.2 Å². The Morgan fingerprint density at radius 1 is 1.17 bits per heavy atom. The Balaban J connectivity index is 1.93. The van der Waals surface area contributed by atoms with Crippen LogP contribution in [0.1, 0.15) is 18.5 Å². The van der Waals surface area contributed by atoms with Crippen molar-refractivity contribution < 1.29 is 18.9 Å². The summed E-state index contributed by atoms with van der Waals surface area (Å²) in [7, 11) is 0. The van der Waals surface area contributed by atoms with E-state index in [2.05, 4.69) is 5.32 Å². The predicted molar refractivity (Wildman–Crippen MR) is 86.7 cm³/mol. The number of nitrogens with one attached hydrogen (secondary N) is 1. The van der Waals surface area contributed by atoms with E-state index in [-0.39, 0.29) is 18.5 Å². The van der Waals surface area contributed by atoms with E-state index < -0.39 is 11.6 Å². The number of benzene rings is 2. The molecule has 0 aromatic heterocycles. The standard InChI is InChI=1S/C16H14Cl2F2N2O/c1-9(10-2-5-13(19)14(20)6-10)21-8-16(23)22-15-7-11(17)3-4-12(15)18/h2-7,9,21H,8H2,1H3,(H,22,23)/p+1/t9-/m1/s1. The summed E-state index contributed by atoms with van der Waals surface area (Å²) in [5.74, 6) is -2.07. The number of anilines is 1. The molecule has 0 fully saturated rings. The fraction of sp³-hybridized carbons (Fsp3) is 0.188. The number of amides is 1. The van der Waals surface area contributed by atoms with Gasteiger partial charge in [0.2, 0.25) is 0 Å².